The van der Waals surface area contributed by atoms with Gasteiger partial charge >= 0.3 is 12.1 Å². The highest BCUT2D eigenvalue weighted by Gasteiger charge is 2.37. The lowest BCUT2D eigenvalue weighted by molar-refractivity contribution is -0.141. The van der Waals surface area contributed by atoms with Crippen molar-refractivity contribution in [2.45, 2.75) is 19.1 Å². The maximum absolute atomic E-state index is 12.3. The van der Waals surface area contributed by atoms with Crippen molar-refractivity contribution < 1.29 is 23.8 Å². The number of furan rings is 1. The number of hydrogen-bond acceptors (Lipinski definition) is 4. The van der Waals surface area contributed by atoms with Gasteiger partial charge in [0.05, 0.1) is 12.5 Å². The molecule has 0 aliphatic carbocycles. The van der Waals surface area contributed by atoms with Crippen LogP contribution in [0.3, 0.4) is 0 Å². The average molecular weight is 327 g/mol. The SMILES string of the molecule is O=C(O)[C@@H]1CC(=Cc2ccoc2)CN1C(=O)OCc1ccccc1. The Labute approximate surface area is 138 Å². The second-order valence-electron chi connectivity index (χ2n) is 5.59. The fourth-order valence-corrected chi connectivity index (χ4v) is 2.66. The minimum Gasteiger partial charge on any atom is -0.480 e. The molecule has 1 fully saturated rings. The van der Waals surface area contributed by atoms with E-state index in [1.807, 2.05) is 36.4 Å². The molecule has 0 unspecified atom stereocenters. The van der Waals surface area contributed by atoms with Gasteiger partial charge in [0.15, 0.2) is 0 Å². The van der Waals surface area contributed by atoms with Crippen LogP contribution < -0.4 is 0 Å². The summed E-state index contributed by atoms with van der Waals surface area (Å²) in [6.07, 6.45) is 4.60. The maximum Gasteiger partial charge on any atom is 0.411 e. The molecule has 0 spiro atoms. The molecule has 1 aliphatic heterocycles. The van der Waals surface area contributed by atoms with E-state index in [4.69, 9.17) is 9.15 Å². The molecule has 24 heavy (non-hydrogen) atoms. The topological polar surface area (TPSA) is 80.0 Å². The molecule has 1 amide bonds. The first-order valence-corrected chi connectivity index (χ1v) is 7.55. The molecule has 0 radical (unpaired) electrons. The minimum absolute atomic E-state index is 0.114. The highest BCUT2D eigenvalue weighted by molar-refractivity contribution is 5.82. The third kappa shape index (κ3) is 3.65. The van der Waals surface area contributed by atoms with Crippen LogP contribution >= 0.6 is 0 Å². The summed E-state index contributed by atoms with van der Waals surface area (Å²) in [6, 6.07) is 10.1. The molecule has 0 saturated carbocycles. The van der Waals surface area contributed by atoms with Crippen LogP contribution in [0.15, 0.2) is 58.9 Å². The van der Waals surface area contributed by atoms with Gasteiger partial charge in [0.2, 0.25) is 0 Å². The molecule has 124 valence electrons. The van der Waals surface area contributed by atoms with E-state index in [0.29, 0.717) is 0 Å². The van der Waals surface area contributed by atoms with Crippen molar-refractivity contribution in [3.63, 3.8) is 0 Å². The molecule has 0 bridgehead atoms. The molecule has 1 N–H and O–H groups in total. The van der Waals surface area contributed by atoms with Crippen molar-refractivity contribution in [1.29, 1.82) is 0 Å². The zero-order valence-electron chi connectivity index (χ0n) is 12.9. The Morgan fingerprint density at radius 1 is 1.29 bits per heavy atom. The van der Waals surface area contributed by atoms with E-state index in [0.717, 1.165) is 16.7 Å². The Balaban J connectivity index is 1.68. The smallest absolute Gasteiger partial charge is 0.411 e. The Hall–Kier alpha value is -3.02. The first-order chi connectivity index (χ1) is 11.6. The van der Waals surface area contributed by atoms with E-state index < -0.39 is 18.1 Å². The van der Waals surface area contributed by atoms with Crippen LogP contribution in [0.2, 0.25) is 0 Å². The van der Waals surface area contributed by atoms with E-state index in [1.54, 1.807) is 18.6 Å². The summed E-state index contributed by atoms with van der Waals surface area (Å²) < 4.78 is 10.2. The summed E-state index contributed by atoms with van der Waals surface area (Å²) >= 11 is 0. The van der Waals surface area contributed by atoms with Crippen molar-refractivity contribution in [2.75, 3.05) is 6.54 Å². The number of carbonyl (C=O) groups is 2. The largest absolute Gasteiger partial charge is 0.480 e. The summed E-state index contributed by atoms with van der Waals surface area (Å²) in [4.78, 5) is 25.0. The molecule has 1 aliphatic rings. The van der Waals surface area contributed by atoms with Gasteiger partial charge in [-0.05, 0) is 17.2 Å². The molecular weight excluding hydrogens is 310 g/mol. The van der Waals surface area contributed by atoms with E-state index in [1.165, 1.54) is 4.90 Å². The zero-order chi connectivity index (χ0) is 16.9. The van der Waals surface area contributed by atoms with Gasteiger partial charge in [-0.2, -0.15) is 0 Å². The maximum atomic E-state index is 12.3. The van der Waals surface area contributed by atoms with Crippen LogP contribution in [-0.4, -0.2) is 34.7 Å². The number of amides is 1. The third-order valence-corrected chi connectivity index (χ3v) is 3.84. The van der Waals surface area contributed by atoms with Gasteiger partial charge in [0.1, 0.15) is 12.6 Å². The predicted octanol–water partition coefficient (Wildman–Crippen LogP) is 3.16. The van der Waals surface area contributed by atoms with Crippen molar-refractivity contribution in [1.82, 2.24) is 4.90 Å². The number of nitrogens with zero attached hydrogens (tertiary/aromatic N) is 1. The molecule has 3 rings (SSSR count). The summed E-state index contributed by atoms with van der Waals surface area (Å²) in [5.41, 5.74) is 2.54. The number of benzene rings is 1. The van der Waals surface area contributed by atoms with Crippen LogP contribution in [0, 0.1) is 0 Å². The number of aliphatic carboxylic acids is 1. The van der Waals surface area contributed by atoms with E-state index in [-0.39, 0.29) is 19.6 Å². The Kier molecular flexibility index (Phi) is 4.65. The monoisotopic (exact) mass is 327 g/mol. The lowest BCUT2D eigenvalue weighted by Crippen LogP contribution is -2.40. The highest BCUT2D eigenvalue weighted by atomic mass is 16.6. The van der Waals surface area contributed by atoms with Crippen molar-refractivity contribution in [2.24, 2.45) is 0 Å². The fraction of sp³-hybridized carbons (Fsp3) is 0.222. The molecule has 1 aromatic carbocycles. The van der Waals surface area contributed by atoms with Crippen LogP contribution in [0.5, 0.6) is 0 Å². The Bertz CT molecular complexity index is 736. The molecule has 1 aromatic heterocycles. The van der Waals surface area contributed by atoms with Gasteiger partial charge in [-0.15, -0.1) is 0 Å². The van der Waals surface area contributed by atoms with Crippen molar-refractivity contribution in [3.05, 3.63) is 65.6 Å². The summed E-state index contributed by atoms with van der Waals surface area (Å²) in [7, 11) is 0. The van der Waals surface area contributed by atoms with Gasteiger partial charge < -0.3 is 14.3 Å². The number of carbonyl (C=O) groups excluding carboxylic acids is 1. The first-order valence-electron chi connectivity index (χ1n) is 7.55. The normalized spacial score (nSPS) is 18.8. The Morgan fingerprint density at radius 3 is 2.75 bits per heavy atom. The quantitative estimate of drug-likeness (QED) is 0.933. The first kappa shape index (κ1) is 15.9. The second-order valence-corrected chi connectivity index (χ2v) is 5.59. The lowest BCUT2D eigenvalue weighted by Gasteiger charge is -2.20. The summed E-state index contributed by atoms with van der Waals surface area (Å²) in [6.45, 7) is 0.346. The van der Waals surface area contributed by atoms with Crippen LogP contribution in [0.4, 0.5) is 4.79 Å². The van der Waals surface area contributed by atoms with Gasteiger partial charge in [-0.25, -0.2) is 9.59 Å². The third-order valence-electron chi connectivity index (χ3n) is 3.84. The van der Waals surface area contributed by atoms with Crippen LogP contribution in [0.1, 0.15) is 17.5 Å². The Morgan fingerprint density at radius 2 is 2.08 bits per heavy atom. The van der Waals surface area contributed by atoms with Crippen LogP contribution in [0.25, 0.3) is 6.08 Å². The number of carboxylic acid groups (broad SMARTS) is 1. The number of rotatable bonds is 4. The van der Waals surface area contributed by atoms with Gasteiger partial charge in [0.25, 0.3) is 0 Å². The highest BCUT2D eigenvalue weighted by Crippen LogP contribution is 2.26. The number of likely N-dealkylation sites (tertiary alicyclic amines) is 1. The zero-order valence-corrected chi connectivity index (χ0v) is 12.9. The predicted molar refractivity (Wildman–Crippen MR) is 86.1 cm³/mol. The van der Waals surface area contributed by atoms with Gasteiger partial charge in [0, 0.05) is 18.5 Å². The molecule has 2 aromatic rings. The molecule has 1 atom stereocenters. The summed E-state index contributed by atoms with van der Waals surface area (Å²) in [5.74, 6) is -1.04. The molecule has 2 heterocycles. The standard InChI is InChI=1S/C18H17NO5/c20-17(21)16-9-15(8-14-6-7-23-11-14)10-19(16)18(22)24-12-13-4-2-1-3-5-13/h1-8,11,16H,9-10,12H2,(H,20,21)/t16-/m0/s1. The number of carboxylic acids is 1. The number of hydrogen-bond donors (Lipinski definition) is 1. The van der Waals surface area contributed by atoms with Crippen molar-refractivity contribution >= 4 is 18.1 Å². The van der Waals surface area contributed by atoms with E-state index >= 15 is 0 Å². The van der Waals surface area contributed by atoms with E-state index in [2.05, 4.69) is 0 Å². The second kappa shape index (κ2) is 7.04. The molecule has 1 saturated heterocycles. The molecular formula is C18H17NO5. The summed E-state index contributed by atoms with van der Waals surface area (Å²) in [5, 5.41) is 9.37. The van der Waals surface area contributed by atoms with Crippen molar-refractivity contribution in [3.8, 4) is 0 Å². The fourth-order valence-electron chi connectivity index (χ4n) is 2.66. The molecule has 6 nitrogen and oxygen atoms in total. The average Bonchev–Trinajstić information content (AvgIpc) is 3.24. The molecule has 6 heteroatoms. The van der Waals surface area contributed by atoms with Gasteiger partial charge in [-0.1, -0.05) is 36.4 Å². The van der Waals surface area contributed by atoms with E-state index in [9.17, 15) is 14.7 Å². The lowest BCUT2D eigenvalue weighted by atomic mass is 10.1. The van der Waals surface area contributed by atoms with Gasteiger partial charge in [-0.3, -0.25) is 4.90 Å². The number of ether oxygens (including phenoxy) is 1. The minimum atomic E-state index is -1.04. The van der Waals surface area contributed by atoms with Crippen LogP contribution in [-0.2, 0) is 16.1 Å².